The molecule has 0 amide bonds. The Balaban J connectivity index is 1.99. The van der Waals surface area contributed by atoms with E-state index in [0.717, 1.165) is 9.40 Å². The van der Waals surface area contributed by atoms with Gasteiger partial charge in [-0.05, 0) is 36.4 Å². The van der Waals surface area contributed by atoms with Gasteiger partial charge in [0.25, 0.3) is 11.1 Å². The molecule has 2 aromatic heterocycles. The van der Waals surface area contributed by atoms with E-state index in [1.54, 1.807) is 36.4 Å². The van der Waals surface area contributed by atoms with E-state index in [2.05, 4.69) is 9.97 Å². The third kappa shape index (κ3) is 2.71. The maximum absolute atomic E-state index is 12.2. The molecule has 24 heavy (non-hydrogen) atoms. The highest BCUT2D eigenvalue weighted by Gasteiger charge is 2.12. The molecule has 4 nitrogen and oxygen atoms in total. The Morgan fingerprint density at radius 1 is 0.708 bits per heavy atom. The zero-order valence-electron chi connectivity index (χ0n) is 11.7. The molecule has 4 aromatic rings. The second-order valence-electron chi connectivity index (χ2n) is 4.93. The molecule has 2 heterocycles. The van der Waals surface area contributed by atoms with Gasteiger partial charge in [-0.25, -0.2) is 0 Å². The Morgan fingerprint density at radius 2 is 1.12 bits per heavy atom. The molecule has 8 heteroatoms. The number of nitrogens with zero attached hydrogens (tertiary/aromatic N) is 2. The number of halogens is 2. The fourth-order valence-corrected chi connectivity index (χ4v) is 4.58. The van der Waals surface area contributed by atoms with Gasteiger partial charge in [0, 0.05) is 19.4 Å². The first-order valence-electron chi connectivity index (χ1n) is 6.72. The number of rotatable bonds is 1. The van der Waals surface area contributed by atoms with Gasteiger partial charge in [-0.3, -0.25) is 9.59 Å². The third-order valence-electron chi connectivity index (χ3n) is 3.35. The molecule has 0 aliphatic carbocycles. The van der Waals surface area contributed by atoms with E-state index >= 15 is 0 Å². The van der Waals surface area contributed by atoms with Crippen molar-refractivity contribution in [3.8, 4) is 10.0 Å². The van der Waals surface area contributed by atoms with Crippen molar-refractivity contribution in [3.05, 3.63) is 67.2 Å². The van der Waals surface area contributed by atoms with Crippen LogP contribution in [-0.4, -0.2) is 9.97 Å². The maximum Gasteiger partial charge on any atom is 0.279 e. The number of hydrogen-bond acceptors (Lipinski definition) is 6. The van der Waals surface area contributed by atoms with E-state index in [-0.39, 0.29) is 11.1 Å². The second kappa shape index (κ2) is 5.89. The number of aromatic nitrogens is 2. The van der Waals surface area contributed by atoms with Gasteiger partial charge in [-0.15, -0.1) is 22.7 Å². The summed E-state index contributed by atoms with van der Waals surface area (Å²) in [4.78, 5) is 32.6. The van der Waals surface area contributed by atoms with Gasteiger partial charge < -0.3 is 0 Å². The first-order chi connectivity index (χ1) is 11.5. The fraction of sp³-hybridized carbons (Fsp3) is 0. The number of benzene rings is 2. The minimum atomic E-state index is -0.390. The molecule has 0 fully saturated rings. The summed E-state index contributed by atoms with van der Waals surface area (Å²) in [7, 11) is 0. The predicted octanol–water partition coefficient (Wildman–Crippen LogP) is 4.60. The lowest BCUT2D eigenvalue weighted by molar-refractivity contribution is 1.26. The summed E-state index contributed by atoms with van der Waals surface area (Å²) in [6.07, 6.45) is 0. The molecule has 0 atom stereocenters. The minimum Gasteiger partial charge on any atom is -0.267 e. The lowest BCUT2D eigenvalue weighted by Gasteiger charge is -2.02. The van der Waals surface area contributed by atoms with Crippen LogP contribution in [0.3, 0.4) is 0 Å². The van der Waals surface area contributed by atoms with Crippen molar-refractivity contribution in [3.63, 3.8) is 0 Å². The van der Waals surface area contributed by atoms with E-state index in [0.29, 0.717) is 30.8 Å². The van der Waals surface area contributed by atoms with Crippen molar-refractivity contribution in [2.24, 2.45) is 0 Å². The van der Waals surface area contributed by atoms with Gasteiger partial charge in [0.1, 0.15) is 0 Å². The Hall–Kier alpha value is -1.86. The largest absolute Gasteiger partial charge is 0.279 e. The smallest absolute Gasteiger partial charge is 0.267 e. The molecule has 0 saturated heterocycles. The van der Waals surface area contributed by atoms with Gasteiger partial charge in [0.05, 0.1) is 10.8 Å². The summed E-state index contributed by atoms with van der Waals surface area (Å²) < 4.78 is 1.49. The molecular formula is C16H6Cl2N2O2S2. The first-order valence-corrected chi connectivity index (χ1v) is 9.11. The molecule has 0 spiro atoms. The van der Waals surface area contributed by atoms with Crippen LogP contribution in [0, 0.1) is 0 Å². The highest BCUT2D eigenvalue weighted by molar-refractivity contribution is 7.27. The molecule has 0 saturated carbocycles. The standard InChI is InChI=1S/C16H6Cl2N2O2S2/c17-7-1-3-11-9(5-7)13(21)19-15(23-11)16-20-14(22)10-6-8(18)2-4-12(10)24-16/h1-6H. The molecule has 0 aliphatic heterocycles. The summed E-state index contributed by atoms with van der Waals surface area (Å²) in [5.74, 6) is 0. The Labute approximate surface area is 153 Å². The zero-order valence-corrected chi connectivity index (χ0v) is 14.9. The summed E-state index contributed by atoms with van der Waals surface area (Å²) in [5.41, 5.74) is -0.780. The molecule has 0 radical (unpaired) electrons. The van der Waals surface area contributed by atoms with E-state index in [1.165, 1.54) is 22.7 Å². The second-order valence-corrected chi connectivity index (χ2v) is 7.86. The lowest BCUT2D eigenvalue weighted by atomic mass is 10.3. The third-order valence-corrected chi connectivity index (χ3v) is 6.05. The SMILES string of the molecule is O=c1nc(-c2nc(=O)c3cc(Cl)ccc3s2)sc2ccc(Cl)cc12. The van der Waals surface area contributed by atoms with Crippen LogP contribution in [0.1, 0.15) is 0 Å². The molecule has 2 aromatic carbocycles. The Bertz CT molecular complexity index is 1140. The van der Waals surface area contributed by atoms with Crippen molar-refractivity contribution >= 4 is 66.0 Å². The molecule has 0 aliphatic rings. The van der Waals surface area contributed by atoms with Crippen molar-refractivity contribution in [2.75, 3.05) is 0 Å². The first kappa shape index (κ1) is 15.7. The minimum absolute atomic E-state index is 0.390. The summed E-state index contributed by atoms with van der Waals surface area (Å²) in [5, 5.41) is 2.69. The average molecular weight is 393 g/mol. The monoisotopic (exact) mass is 392 g/mol. The maximum atomic E-state index is 12.2. The van der Waals surface area contributed by atoms with Crippen LogP contribution in [0.4, 0.5) is 0 Å². The highest BCUT2D eigenvalue weighted by atomic mass is 35.5. The Morgan fingerprint density at radius 3 is 1.54 bits per heavy atom. The van der Waals surface area contributed by atoms with Crippen LogP contribution >= 0.6 is 45.9 Å². The van der Waals surface area contributed by atoms with Crippen LogP contribution in [0.5, 0.6) is 0 Å². The predicted molar refractivity (Wildman–Crippen MR) is 101 cm³/mol. The molecule has 0 N–H and O–H groups in total. The molecule has 4 rings (SSSR count). The molecule has 118 valence electrons. The van der Waals surface area contributed by atoms with Gasteiger partial charge in [-0.2, -0.15) is 9.97 Å². The molecular weight excluding hydrogens is 387 g/mol. The van der Waals surface area contributed by atoms with Crippen molar-refractivity contribution in [2.45, 2.75) is 0 Å². The van der Waals surface area contributed by atoms with E-state index in [1.807, 2.05) is 0 Å². The lowest BCUT2D eigenvalue weighted by Crippen LogP contribution is -2.09. The average Bonchev–Trinajstić information content (AvgIpc) is 2.56. The van der Waals surface area contributed by atoms with Crippen LogP contribution in [0.2, 0.25) is 10.0 Å². The summed E-state index contributed by atoms with van der Waals surface area (Å²) in [6, 6.07) is 10.1. The summed E-state index contributed by atoms with van der Waals surface area (Å²) in [6.45, 7) is 0. The normalized spacial score (nSPS) is 11.2. The van der Waals surface area contributed by atoms with Crippen LogP contribution < -0.4 is 11.1 Å². The van der Waals surface area contributed by atoms with Crippen LogP contribution in [-0.2, 0) is 0 Å². The van der Waals surface area contributed by atoms with Gasteiger partial charge in [-0.1, -0.05) is 23.2 Å². The Kier molecular flexibility index (Phi) is 3.85. The van der Waals surface area contributed by atoms with Crippen molar-refractivity contribution in [1.29, 1.82) is 0 Å². The van der Waals surface area contributed by atoms with Gasteiger partial charge >= 0.3 is 0 Å². The van der Waals surface area contributed by atoms with Crippen LogP contribution in [0.25, 0.3) is 30.2 Å². The number of fused-ring (bicyclic) bond motifs is 2. The quantitative estimate of drug-likeness (QED) is 0.474. The topological polar surface area (TPSA) is 59.9 Å². The van der Waals surface area contributed by atoms with Crippen molar-refractivity contribution in [1.82, 2.24) is 9.97 Å². The fourth-order valence-electron chi connectivity index (χ4n) is 2.26. The highest BCUT2D eigenvalue weighted by Crippen LogP contribution is 2.31. The van der Waals surface area contributed by atoms with Gasteiger partial charge in [0.15, 0.2) is 10.0 Å². The molecule has 0 unspecified atom stereocenters. The van der Waals surface area contributed by atoms with E-state index < -0.39 is 0 Å². The van der Waals surface area contributed by atoms with E-state index in [9.17, 15) is 9.59 Å². The number of hydrogen-bond donors (Lipinski definition) is 0. The van der Waals surface area contributed by atoms with Crippen LogP contribution in [0.15, 0.2) is 46.0 Å². The van der Waals surface area contributed by atoms with E-state index in [4.69, 9.17) is 23.2 Å². The molecule has 0 bridgehead atoms. The van der Waals surface area contributed by atoms with Crippen molar-refractivity contribution < 1.29 is 0 Å². The van der Waals surface area contributed by atoms with Gasteiger partial charge in [0.2, 0.25) is 0 Å². The zero-order chi connectivity index (χ0) is 16.8. The summed E-state index contributed by atoms with van der Waals surface area (Å²) >= 11 is 14.4.